The van der Waals surface area contributed by atoms with Crippen LogP contribution in [0.5, 0.6) is 0 Å². The fourth-order valence-corrected chi connectivity index (χ4v) is 3.79. The molecule has 2 aromatic rings. The van der Waals surface area contributed by atoms with Crippen molar-refractivity contribution < 1.29 is 20.5 Å². The molecule has 3 rings (SSSR count). The third-order valence-corrected chi connectivity index (χ3v) is 5.57. The summed E-state index contributed by atoms with van der Waals surface area (Å²) in [5.74, 6) is -0.304. The van der Waals surface area contributed by atoms with Crippen molar-refractivity contribution in [3.05, 3.63) is 65.0 Å². The SMILES string of the molecule is Cc1cccc(C)c1NC(=O)CN1CCN(CC(O)COCc2ccccc2F)CC1.[HH]. The van der Waals surface area contributed by atoms with Gasteiger partial charge < -0.3 is 15.2 Å². The van der Waals surface area contributed by atoms with Crippen molar-refractivity contribution in [2.45, 2.75) is 26.6 Å². The lowest BCUT2D eigenvalue weighted by atomic mass is 10.1. The molecule has 2 N–H and O–H groups in total. The van der Waals surface area contributed by atoms with Gasteiger partial charge in [-0.2, -0.15) is 0 Å². The lowest BCUT2D eigenvalue weighted by Crippen LogP contribution is -2.50. The van der Waals surface area contributed by atoms with E-state index in [-0.39, 0.29) is 26.4 Å². The zero-order valence-electron chi connectivity index (χ0n) is 18.3. The first-order valence-corrected chi connectivity index (χ1v) is 10.7. The number of rotatable bonds is 9. The number of aryl methyl sites for hydroxylation is 2. The van der Waals surface area contributed by atoms with E-state index in [0.717, 1.165) is 43.0 Å². The van der Waals surface area contributed by atoms with Crippen molar-refractivity contribution in [1.29, 1.82) is 0 Å². The van der Waals surface area contributed by atoms with Crippen molar-refractivity contribution in [1.82, 2.24) is 9.80 Å². The minimum absolute atomic E-state index is 0. The molecule has 170 valence electrons. The largest absolute Gasteiger partial charge is 0.389 e. The summed E-state index contributed by atoms with van der Waals surface area (Å²) in [6.07, 6.45) is -0.634. The summed E-state index contributed by atoms with van der Waals surface area (Å²) in [4.78, 5) is 16.7. The zero-order valence-corrected chi connectivity index (χ0v) is 18.3. The van der Waals surface area contributed by atoms with E-state index in [1.807, 2.05) is 32.0 Å². The summed E-state index contributed by atoms with van der Waals surface area (Å²) in [5.41, 5.74) is 3.50. The molecule has 7 heteroatoms. The van der Waals surface area contributed by atoms with Gasteiger partial charge in [-0.1, -0.05) is 36.4 Å². The second-order valence-electron chi connectivity index (χ2n) is 8.15. The molecule has 1 aliphatic rings. The number of hydrogen-bond acceptors (Lipinski definition) is 5. The Balaban J connectivity index is 0.00000363. The maximum absolute atomic E-state index is 13.6. The number of aliphatic hydroxyl groups excluding tert-OH is 1. The van der Waals surface area contributed by atoms with Crippen LogP contribution in [0, 0.1) is 19.7 Å². The van der Waals surface area contributed by atoms with Gasteiger partial charge in [0.25, 0.3) is 0 Å². The van der Waals surface area contributed by atoms with Gasteiger partial charge in [0, 0.05) is 45.4 Å². The second kappa shape index (κ2) is 11.3. The van der Waals surface area contributed by atoms with E-state index in [9.17, 15) is 14.3 Å². The van der Waals surface area contributed by atoms with Crippen molar-refractivity contribution in [2.75, 3.05) is 51.2 Å². The van der Waals surface area contributed by atoms with Crippen LogP contribution < -0.4 is 5.32 Å². The Labute approximate surface area is 185 Å². The molecule has 1 atom stereocenters. The van der Waals surface area contributed by atoms with Crippen LogP contribution >= 0.6 is 0 Å². The summed E-state index contributed by atoms with van der Waals surface area (Å²) in [6.45, 7) is 8.24. The van der Waals surface area contributed by atoms with Crippen LogP contribution in [0.4, 0.5) is 10.1 Å². The molecule has 1 heterocycles. The highest BCUT2D eigenvalue weighted by atomic mass is 19.1. The van der Waals surface area contributed by atoms with Crippen LogP contribution in [0.1, 0.15) is 18.1 Å². The summed E-state index contributed by atoms with van der Waals surface area (Å²) < 4.78 is 19.1. The second-order valence-corrected chi connectivity index (χ2v) is 8.15. The maximum Gasteiger partial charge on any atom is 0.238 e. The molecule has 0 saturated carbocycles. The molecule has 1 fully saturated rings. The van der Waals surface area contributed by atoms with Crippen LogP contribution in [0.2, 0.25) is 0 Å². The first-order chi connectivity index (χ1) is 14.9. The standard InChI is InChI=1S/C24H32FN3O3.H2/c1-18-6-5-7-19(2)24(18)26-23(30)15-28-12-10-27(11-13-28)14-21(29)17-31-16-20-8-3-4-9-22(20)25;/h3-9,21,29H,10-17H2,1-2H3,(H,26,30);1H. The lowest BCUT2D eigenvalue weighted by Gasteiger charge is -2.35. The normalized spacial score (nSPS) is 16.3. The van der Waals surface area contributed by atoms with Crippen molar-refractivity contribution in [2.24, 2.45) is 0 Å². The van der Waals surface area contributed by atoms with Gasteiger partial charge in [-0.25, -0.2) is 4.39 Å². The van der Waals surface area contributed by atoms with Crippen LogP contribution in [-0.4, -0.2) is 72.8 Å². The van der Waals surface area contributed by atoms with Crippen molar-refractivity contribution in [3.63, 3.8) is 0 Å². The van der Waals surface area contributed by atoms with Crippen LogP contribution in [-0.2, 0) is 16.1 Å². The lowest BCUT2D eigenvalue weighted by molar-refractivity contribution is -0.117. The molecule has 6 nitrogen and oxygen atoms in total. The number of nitrogens with one attached hydrogen (secondary N) is 1. The van der Waals surface area contributed by atoms with Gasteiger partial charge in [0.1, 0.15) is 5.82 Å². The summed E-state index contributed by atoms with van der Waals surface area (Å²) in [7, 11) is 0. The Kier molecular flexibility index (Phi) is 8.54. The predicted molar refractivity (Wildman–Crippen MR) is 122 cm³/mol. The molecule has 0 aromatic heterocycles. The van der Waals surface area contributed by atoms with Crippen LogP contribution in [0.3, 0.4) is 0 Å². The first-order valence-electron chi connectivity index (χ1n) is 10.7. The van der Waals surface area contributed by atoms with E-state index >= 15 is 0 Å². The Morgan fingerprint density at radius 2 is 1.74 bits per heavy atom. The fourth-order valence-electron chi connectivity index (χ4n) is 3.79. The Morgan fingerprint density at radius 3 is 2.42 bits per heavy atom. The third kappa shape index (κ3) is 7.11. The highest BCUT2D eigenvalue weighted by Crippen LogP contribution is 2.19. The summed E-state index contributed by atoms with van der Waals surface area (Å²) >= 11 is 0. The van der Waals surface area contributed by atoms with E-state index in [2.05, 4.69) is 15.1 Å². The number of benzene rings is 2. The average Bonchev–Trinajstić information content (AvgIpc) is 2.74. The fraction of sp³-hybridized carbons (Fsp3) is 0.458. The minimum Gasteiger partial charge on any atom is -0.389 e. The van der Waals surface area contributed by atoms with E-state index in [1.165, 1.54) is 6.07 Å². The molecule has 1 aliphatic heterocycles. The number of aliphatic hydroxyl groups is 1. The third-order valence-electron chi connectivity index (χ3n) is 5.57. The molecule has 2 aromatic carbocycles. The summed E-state index contributed by atoms with van der Waals surface area (Å²) in [5, 5.41) is 13.3. The number of nitrogens with zero attached hydrogens (tertiary/aromatic N) is 2. The zero-order chi connectivity index (χ0) is 22.2. The van der Waals surface area contributed by atoms with E-state index < -0.39 is 6.10 Å². The van der Waals surface area contributed by atoms with Gasteiger partial charge in [0.15, 0.2) is 0 Å². The van der Waals surface area contributed by atoms with Gasteiger partial charge >= 0.3 is 0 Å². The average molecular weight is 432 g/mol. The van der Waals surface area contributed by atoms with Gasteiger partial charge in [0.2, 0.25) is 5.91 Å². The minimum atomic E-state index is -0.634. The molecule has 1 amide bonds. The topological polar surface area (TPSA) is 65.0 Å². The molecule has 0 radical (unpaired) electrons. The van der Waals surface area contributed by atoms with Crippen molar-refractivity contribution in [3.8, 4) is 0 Å². The quantitative estimate of drug-likeness (QED) is 0.639. The van der Waals surface area contributed by atoms with Crippen molar-refractivity contribution >= 4 is 11.6 Å². The molecule has 1 unspecified atom stereocenters. The summed E-state index contributed by atoms with van der Waals surface area (Å²) in [6, 6.07) is 12.5. The Morgan fingerprint density at radius 1 is 1.10 bits per heavy atom. The number of β-amino-alcohol motifs (C(OH)–C–C–N with tert-alkyl or cyclic N) is 1. The number of carbonyl (C=O) groups is 1. The number of amides is 1. The molecule has 0 spiro atoms. The Bertz CT molecular complexity index is 855. The molecule has 31 heavy (non-hydrogen) atoms. The monoisotopic (exact) mass is 431 g/mol. The molecule has 0 bridgehead atoms. The van der Waals surface area contributed by atoms with E-state index in [0.29, 0.717) is 18.7 Å². The molecular formula is C24H34FN3O3. The predicted octanol–water partition coefficient (Wildman–Crippen LogP) is 2.82. The van der Waals surface area contributed by atoms with E-state index in [1.54, 1.807) is 18.2 Å². The maximum atomic E-state index is 13.6. The number of hydrogen-bond donors (Lipinski definition) is 2. The number of carbonyl (C=O) groups excluding carboxylic acids is 1. The Hall–Kier alpha value is -2.32. The van der Waals surface area contributed by atoms with Crippen LogP contribution in [0.25, 0.3) is 0 Å². The van der Waals surface area contributed by atoms with E-state index in [4.69, 9.17) is 4.74 Å². The highest BCUT2D eigenvalue weighted by Gasteiger charge is 2.21. The van der Waals surface area contributed by atoms with Gasteiger partial charge in [-0.15, -0.1) is 0 Å². The van der Waals surface area contributed by atoms with Gasteiger partial charge in [-0.3, -0.25) is 14.6 Å². The van der Waals surface area contributed by atoms with Gasteiger partial charge in [0.05, 0.1) is 25.9 Å². The molecular weight excluding hydrogens is 397 g/mol. The number of piperazine rings is 1. The molecule has 1 saturated heterocycles. The number of ether oxygens (including phenoxy) is 1. The number of halogens is 1. The van der Waals surface area contributed by atoms with Crippen LogP contribution in [0.15, 0.2) is 42.5 Å². The number of para-hydroxylation sites is 1. The highest BCUT2D eigenvalue weighted by molar-refractivity contribution is 5.93. The first kappa shape index (κ1) is 23.3. The van der Waals surface area contributed by atoms with Gasteiger partial charge in [-0.05, 0) is 31.0 Å². The smallest absolute Gasteiger partial charge is 0.238 e. The molecule has 0 aliphatic carbocycles. The number of anilines is 1.